The number of anilines is 1. The number of fused-ring (bicyclic) bond motifs is 2. The number of benzene rings is 1. The van der Waals surface area contributed by atoms with Crippen LogP contribution < -0.4 is 5.32 Å². The number of rotatable bonds is 3. The van der Waals surface area contributed by atoms with Crippen LogP contribution in [0, 0.1) is 9.39 Å². The highest BCUT2D eigenvalue weighted by Crippen LogP contribution is 2.34. The van der Waals surface area contributed by atoms with Gasteiger partial charge < -0.3 is 10.1 Å². The molecule has 0 amide bonds. The van der Waals surface area contributed by atoms with Crippen molar-refractivity contribution >= 4 is 39.2 Å². The summed E-state index contributed by atoms with van der Waals surface area (Å²) in [7, 11) is 0. The molecule has 1 aromatic heterocycles. The summed E-state index contributed by atoms with van der Waals surface area (Å²) in [5.74, 6) is -0.222. The zero-order valence-electron chi connectivity index (χ0n) is 11.3. The van der Waals surface area contributed by atoms with Crippen molar-refractivity contribution in [3.8, 4) is 0 Å². The number of halogens is 2. The average molecular weight is 386 g/mol. The van der Waals surface area contributed by atoms with Gasteiger partial charge in [-0.3, -0.25) is 4.98 Å². The van der Waals surface area contributed by atoms with E-state index in [9.17, 15) is 4.39 Å². The van der Waals surface area contributed by atoms with E-state index in [0.29, 0.717) is 13.2 Å². The summed E-state index contributed by atoms with van der Waals surface area (Å²) in [5, 5.41) is 4.28. The summed E-state index contributed by atoms with van der Waals surface area (Å²) in [6.45, 7) is 4.23. The van der Waals surface area contributed by atoms with Crippen LogP contribution >= 0.6 is 22.6 Å². The number of hydrogen-bond acceptors (Lipinski definition) is 3. The van der Waals surface area contributed by atoms with Crippen LogP contribution in [0.2, 0.25) is 0 Å². The maximum absolute atomic E-state index is 13.7. The van der Waals surface area contributed by atoms with Crippen molar-refractivity contribution in [3.63, 3.8) is 0 Å². The van der Waals surface area contributed by atoms with Crippen molar-refractivity contribution in [3.05, 3.63) is 32.8 Å². The highest BCUT2D eigenvalue weighted by atomic mass is 127. The second-order valence-electron chi connectivity index (χ2n) is 4.93. The minimum absolute atomic E-state index is 0.222. The van der Waals surface area contributed by atoms with E-state index >= 15 is 0 Å². The van der Waals surface area contributed by atoms with Crippen LogP contribution in [0.1, 0.15) is 24.6 Å². The van der Waals surface area contributed by atoms with Gasteiger partial charge in [0.05, 0.1) is 30.1 Å². The Morgan fingerprint density at radius 1 is 1.45 bits per heavy atom. The van der Waals surface area contributed by atoms with E-state index in [1.54, 1.807) is 6.07 Å². The van der Waals surface area contributed by atoms with E-state index in [1.165, 1.54) is 6.07 Å². The first-order valence-corrected chi connectivity index (χ1v) is 7.90. The number of aromatic nitrogens is 1. The van der Waals surface area contributed by atoms with Crippen molar-refractivity contribution in [1.29, 1.82) is 0 Å². The van der Waals surface area contributed by atoms with E-state index in [1.807, 2.05) is 0 Å². The van der Waals surface area contributed by atoms with Gasteiger partial charge in [0.1, 0.15) is 5.82 Å². The largest absolute Gasteiger partial charge is 0.384 e. The van der Waals surface area contributed by atoms with Gasteiger partial charge in [-0.15, -0.1) is 0 Å². The van der Waals surface area contributed by atoms with Gasteiger partial charge in [0, 0.05) is 27.5 Å². The van der Waals surface area contributed by atoms with E-state index in [0.717, 1.165) is 50.8 Å². The molecule has 0 saturated heterocycles. The molecular weight excluding hydrogens is 370 g/mol. The molecule has 0 atom stereocenters. The SMILES string of the molecule is CCCNc1c2c(nc3c(I)cc(F)cc13)CCOC2. The van der Waals surface area contributed by atoms with Crippen LogP contribution in [0.3, 0.4) is 0 Å². The normalized spacial score (nSPS) is 14.3. The van der Waals surface area contributed by atoms with Crippen molar-refractivity contribution in [2.75, 3.05) is 18.5 Å². The van der Waals surface area contributed by atoms with Crippen molar-refractivity contribution in [1.82, 2.24) is 4.98 Å². The van der Waals surface area contributed by atoms with Crippen LogP contribution in [-0.2, 0) is 17.8 Å². The first kappa shape index (κ1) is 14.0. The number of ether oxygens (including phenoxy) is 1. The Morgan fingerprint density at radius 2 is 2.30 bits per heavy atom. The Kier molecular flexibility index (Phi) is 4.07. The fraction of sp³-hybridized carbons (Fsp3) is 0.400. The molecule has 0 fully saturated rings. The van der Waals surface area contributed by atoms with Gasteiger partial charge in [0.2, 0.25) is 0 Å². The summed E-state index contributed by atoms with van der Waals surface area (Å²) in [5.41, 5.74) is 4.03. The Labute approximate surface area is 131 Å². The van der Waals surface area contributed by atoms with E-state index < -0.39 is 0 Å². The van der Waals surface area contributed by atoms with Crippen molar-refractivity contribution < 1.29 is 9.13 Å². The highest BCUT2D eigenvalue weighted by molar-refractivity contribution is 14.1. The van der Waals surface area contributed by atoms with Crippen LogP contribution in [0.25, 0.3) is 10.9 Å². The molecule has 0 saturated carbocycles. The molecule has 3 rings (SSSR count). The van der Waals surface area contributed by atoms with E-state index in [-0.39, 0.29) is 5.82 Å². The van der Waals surface area contributed by atoms with E-state index in [4.69, 9.17) is 9.72 Å². The Morgan fingerprint density at radius 3 is 3.10 bits per heavy atom. The van der Waals surface area contributed by atoms with Crippen molar-refractivity contribution in [2.45, 2.75) is 26.4 Å². The first-order chi connectivity index (χ1) is 9.70. The molecule has 5 heteroatoms. The molecule has 1 N–H and O–H groups in total. The molecule has 106 valence electrons. The molecule has 1 aliphatic heterocycles. The molecule has 0 aliphatic carbocycles. The molecule has 3 nitrogen and oxygen atoms in total. The van der Waals surface area contributed by atoms with Crippen molar-refractivity contribution in [2.24, 2.45) is 0 Å². The molecule has 1 aliphatic rings. The summed E-state index contributed by atoms with van der Waals surface area (Å²) < 4.78 is 20.1. The Balaban J connectivity index is 2.27. The average Bonchev–Trinajstić information content (AvgIpc) is 2.44. The zero-order valence-corrected chi connectivity index (χ0v) is 13.5. The predicted molar refractivity (Wildman–Crippen MR) is 86.6 cm³/mol. The molecule has 20 heavy (non-hydrogen) atoms. The maximum atomic E-state index is 13.7. The minimum atomic E-state index is -0.222. The second-order valence-corrected chi connectivity index (χ2v) is 6.09. The summed E-state index contributed by atoms with van der Waals surface area (Å²) in [6.07, 6.45) is 1.84. The predicted octanol–water partition coefficient (Wildman–Crippen LogP) is 3.87. The summed E-state index contributed by atoms with van der Waals surface area (Å²) in [6, 6.07) is 3.10. The molecule has 2 heterocycles. The summed E-state index contributed by atoms with van der Waals surface area (Å²) in [4.78, 5) is 4.73. The van der Waals surface area contributed by atoms with Crippen LogP contribution in [-0.4, -0.2) is 18.1 Å². The Bertz CT molecular complexity index is 660. The highest BCUT2D eigenvalue weighted by Gasteiger charge is 2.20. The second kappa shape index (κ2) is 5.81. The van der Waals surface area contributed by atoms with Gasteiger partial charge in [-0.2, -0.15) is 0 Å². The topological polar surface area (TPSA) is 34.2 Å². The monoisotopic (exact) mass is 386 g/mol. The van der Waals surface area contributed by atoms with Gasteiger partial charge in [-0.25, -0.2) is 4.39 Å². The standard InChI is InChI=1S/C15H16FIN2O/c1-2-4-18-14-10-6-9(16)7-12(17)15(10)19-13-3-5-20-8-11(13)14/h6-7H,2-5,8H2,1H3,(H,18,19). The number of nitrogens with zero attached hydrogens (tertiary/aromatic N) is 1. The quantitative estimate of drug-likeness (QED) is 0.814. The molecular formula is C15H16FIN2O. The number of nitrogens with one attached hydrogen (secondary N) is 1. The lowest BCUT2D eigenvalue weighted by molar-refractivity contribution is 0.110. The van der Waals surface area contributed by atoms with Gasteiger partial charge in [-0.05, 0) is 41.1 Å². The lowest BCUT2D eigenvalue weighted by Crippen LogP contribution is -2.16. The lowest BCUT2D eigenvalue weighted by atomic mass is 10.0. The molecule has 2 aromatic rings. The van der Waals surface area contributed by atoms with Crippen LogP contribution in [0.15, 0.2) is 12.1 Å². The molecule has 0 unspecified atom stereocenters. The van der Waals surface area contributed by atoms with Crippen LogP contribution in [0.4, 0.5) is 10.1 Å². The Hall–Kier alpha value is -0.950. The van der Waals surface area contributed by atoms with Gasteiger partial charge >= 0.3 is 0 Å². The maximum Gasteiger partial charge on any atom is 0.125 e. The van der Waals surface area contributed by atoms with Gasteiger partial charge in [0.25, 0.3) is 0 Å². The van der Waals surface area contributed by atoms with Gasteiger partial charge in [0.15, 0.2) is 0 Å². The third kappa shape index (κ3) is 2.48. The molecule has 0 radical (unpaired) electrons. The van der Waals surface area contributed by atoms with E-state index in [2.05, 4.69) is 34.8 Å². The minimum Gasteiger partial charge on any atom is -0.384 e. The zero-order chi connectivity index (χ0) is 14.1. The first-order valence-electron chi connectivity index (χ1n) is 6.82. The molecule has 0 spiro atoms. The third-order valence-electron chi connectivity index (χ3n) is 3.48. The van der Waals surface area contributed by atoms with Crippen LogP contribution in [0.5, 0.6) is 0 Å². The fourth-order valence-electron chi connectivity index (χ4n) is 2.54. The molecule has 1 aromatic carbocycles. The van der Waals surface area contributed by atoms with Gasteiger partial charge in [-0.1, -0.05) is 6.92 Å². The smallest absolute Gasteiger partial charge is 0.125 e. The number of pyridine rings is 1. The third-order valence-corrected chi connectivity index (χ3v) is 4.30. The summed E-state index contributed by atoms with van der Waals surface area (Å²) >= 11 is 2.15. The molecule has 0 bridgehead atoms. The fourth-order valence-corrected chi connectivity index (χ4v) is 3.25. The number of hydrogen-bond donors (Lipinski definition) is 1. The lowest BCUT2D eigenvalue weighted by Gasteiger charge is -2.22.